The first-order valence-electron chi connectivity index (χ1n) is 6.60. The van der Waals surface area contributed by atoms with E-state index in [1.165, 1.54) is 5.56 Å². The zero-order chi connectivity index (χ0) is 13.1. The fourth-order valence-electron chi connectivity index (χ4n) is 2.93. The maximum atomic E-state index is 11.1. The van der Waals surface area contributed by atoms with Gasteiger partial charge in [0.2, 0.25) is 0 Å². The van der Waals surface area contributed by atoms with E-state index in [4.69, 9.17) is 5.11 Å². The lowest BCUT2D eigenvalue weighted by molar-refractivity contribution is -0.145. The number of benzene rings is 1. The van der Waals surface area contributed by atoms with Crippen molar-refractivity contribution in [1.29, 1.82) is 0 Å². The van der Waals surface area contributed by atoms with Gasteiger partial charge in [-0.15, -0.1) is 0 Å². The van der Waals surface area contributed by atoms with E-state index in [1.54, 1.807) is 0 Å². The Balaban J connectivity index is 2.04. The van der Waals surface area contributed by atoms with Crippen LogP contribution in [0.2, 0.25) is 0 Å². The van der Waals surface area contributed by atoms with Crippen LogP contribution >= 0.6 is 0 Å². The molecule has 0 radical (unpaired) electrons. The lowest BCUT2D eigenvalue weighted by Gasteiger charge is -2.41. The van der Waals surface area contributed by atoms with Gasteiger partial charge >= 0.3 is 5.97 Å². The number of carboxylic acid groups (broad SMARTS) is 1. The summed E-state index contributed by atoms with van der Waals surface area (Å²) in [4.78, 5) is 13.5. The van der Waals surface area contributed by atoms with Gasteiger partial charge in [-0.05, 0) is 32.3 Å². The fraction of sp³-hybridized carbons (Fsp3) is 0.533. The number of hydrogen-bond donors (Lipinski definition) is 1. The first-order valence-corrected chi connectivity index (χ1v) is 6.60. The second-order valence-electron chi connectivity index (χ2n) is 5.36. The monoisotopic (exact) mass is 247 g/mol. The van der Waals surface area contributed by atoms with Crippen LogP contribution in [0.4, 0.5) is 0 Å². The van der Waals surface area contributed by atoms with Gasteiger partial charge < -0.3 is 5.11 Å². The van der Waals surface area contributed by atoms with Crippen LogP contribution in [-0.4, -0.2) is 28.1 Å². The van der Waals surface area contributed by atoms with Crippen molar-refractivity contribution in [3.05, 3.63) is 35.9 Å². The molecule has 0 spiro atoms. The molecule has 1 fully saturated rings. The molecule has 2 unspecified atom stereocenters. The maximum Gasteiger partial charge on any atom is 0.306 e. The molecule has 0 bridgehead atoms. The smallest absolute Gasteiger partial charge is 0.306 e. The summed E-state index contributed by atoms with van der Waals surface area (Å²) in [6, 6.07) is 11.0. The summed E-state index contributed by atoms with van der Waals surface area (Å²) in [5.41, 5.74) is 1.30. The van der Waals surface area contributed by atoms with Crippen LogP contribution in [0.15, 0.2) is 30.3 Å². The quantitative estimate of drug-likeness (QED) is 0.893. The predicted molar refractivity (Wildman–Crippen MR) is 71.3 cm³/mol. The third-order valence-electron chi connectivity index (χ3n) is 3.94. The minimum Gasteiger partial charge on any atom is -0.481 e. The maximum absolute atomic E-state index is 11.1. The molecule has 2 rings (SSSR count). The van der Waals surface area contributed by atoms with Gasteiger partial charge in [0.05, 0.1) is 5.92 Å². The molecule has 1 N–H and O–H groups in total. The van der Waals surface area contributed by atoms with Gasteiger partial charge in [-0.3, -0.25) is 9.69 Å². The van der Waals surface area contributed by atoms with Crippen LogP contribution in [0.3, 0.4) is 0 Å². The Hall–Kier alpha value is -1.35. The highest BCUT2D eigenvalue weighted by Crippen LogP contribution is 2.29. The fourth-order valence-corrected chi connectivity index (χ4v) is 2.93. The number of likely N-dealkylation sites (tertiary alicyclic amines) is 1. The molecule has 1 aliphatic heterocycles. The largest absolute Gasteiger partial charge is 0.481 e. The van der Waals surface area contributed by atoms with Crippen molar-refractivity contribution in [2.75, 3.05) is 0 Å². The highest BCUT2D eigenvalue weighted by molar-refractivity contribution is 5.70. The summed E-state index contributed by atoms with van der Waals surface area (Å²) in [6.07, 6.45) is 1.51. The minimum absolute atomic E-state index is 0.179. The SMILES string of the molecule is CC1CC(C(=O)O)CC(C)N1Cc1ccccc1. The van der Waals surface area contributed by atoms with Crippen LogP contribution in [0, 0.1) is 5.92 Å². The predicted octanol–water partition coefficient (Wildman–Crippen LogP) is 2.76. The van der Waals surface area contributed by atoms with Crippen LogP contribution in [0.5, 0.6) is 0 Å². The first-order chi connectivity index (χ1) is 8.58. The van der Waals surface area contributed by atoms with Crippen molar-refractivity contribution in [1.82, 2.24) is 4.90 Å². The number of rotatable bonds is 3. The van der Waals surface area contributed by atoms with E-state index in [9.17, 15) is 4.79 Å². The van der Waals surface area contributed by atoms with E-state index in [0.717, 1.165) is 19.4 Å². The Labute approximate surface area is 108 Å². The molecule has 1 heterocycles. The number of hydrogen-bond acceptors (Lipinski definition) is 2. The van der Waals surface area contributed by atoms with E-state index in [2.05, 4.69) is 43.0 Å². The molecule has 1 aromatic carbocycles. The van der Waals surface area contributed by atoms with Gasteiger partial charge in [0.1, 0.15) is 0 Å². The lowest BCUT2D eigenvalue weighted by atomic mass is 9.87. The number of nitrogens with zero attached hydrogens (tertiary/aromatic N) is 1. The lowest BCUT2D eigenvalue weighted by Crippen LogP contribution is -2.47. The van der Waals surface area contributed by atoms with Gasteiger partial charge in [-0.1, -0.05) is 30.3 Å². The number of aliphatic carboxylic acids is 1. The van der Waals surface area contributed by atoms with E-state index in [0.29, 0.717) is 12.1 Å². The molecule has 3 nitrogen and oxygen atoms in total. The highest BCUT2D eigenvalue weighted by Gasteiger charge is 2.34. The van der Waals surface area contributed by atoms with E-state index in [-0.39, 0.29) is 5.92 Å². The molecule has 1 aromatic rings. The summed E-state index contributed by atoms with van der Waals surface area (Å²) in [7, 11) is 0. The van der Waals surface area contributed by atoms with Crippen LogP contribution in [0.25, 0.3) is 0 Å². The molecule has 3 heteroatoms. The normalized spacial score (nSPS) is 29.1. The first kappa shape index (κ1) is 13.1. The van der Waals surface area contributed by atoms with Crippen LogP contribution in [-0.2, 0) is 11.3 Å². The molecule has 1 saturated heterocycles. The number of carbonyl (C=O) groups is 1. The molecule has 0 aliphatic carbocycles. The second kappa shape index (κ2) is 5.53. The average molecular weight is 247 g/mol. The van der Waals surface area contributed by atoms with Crippen molar-refractivity contribution < 1.29 is 9.90 Å². The van der Waals surface area contributed by atoms with Crippen molar-refractivity contribution in [3.8, 4) is 0 Å². The van der Waals surface area contributed by atoms with Crippen molar-refractivity contribution in [3.63, 3.8) is 0 Å². The molecular weight excluding hydrogens is 226 g/mol. The summed E-state index contributed by atoms with van der Waals surface area (Å²) >= 11 is 0. The van der Waals surface area contributed by atoms with Gasteiger partial charge in [-0.2, -0.15) is 0 Å². The van der Waals surface area contributed by atoms with Gasteiger partial charge in [0, 0.05) is 18.6 Å². The van der Waals surface area contributed by atoms with Crippen LogP contribution in [0.1, 0.15) is 32.3 Å². The van der Waals surface area contributed by atoms with Gasteiger partial charge in [0.25, 0.3) is 0 Å². The standard InChI is InChI=1S/C15H21NO2/c1-11-8-14(15(17)18)9-12(2)16(11)10-13-6-4-3-5-7-13/h3-7,11-12,14H,8-10H2,1-2H3,(H,17,18). The third kappa shape index (κ3) is 2.91. The molecule has 18 heavy (non-hydrogen) atoms. The molecule has 1 aliphatic rings. The Bertz CT molecular complexity index is 392. The third-order valence-corrected chi connectivity index (χ3v) is 3.94. The summed E-state index contributed by atoms with van der Waals surface area (Å²) in [5, 5.41) is 9.13. The van der Waals surface area contributed by atoms with E-state index in [1.807, 2.05) is 6.07 Å². The zero-order valence-corrected chi connectivity index (χ0v) is 11.0. The van der Waals surface area contributed by atoms with Gasteiger partial charge in [0.15, 0.2) is 0 Å². The zero-order valence-electron chi connectivity index (χ0n) is 11.0. The summed E-state index contributed by atoms with van der Waals surface area (Å²) in [5.74, 6) is -0.824. The van der Waals surface area contributed by atoms with Crippen molar-refractivity contribution in [2.45, 2.75) is 45.3 Å². The van der Waals surface area contributed by atoms with Crippen molar-refractivity contribution in [2.24, 2.45) is 5.92 Å². The average Bonchev–Trinajstić information content (AvgIpc) is 2.34. The molecule has 0 saturated carbocycles. The topological polar surface area (TPSA) is 40.5 Å². The molecule has 2 atom stereocenters. The Morgan fingerprint density at radius 3 is 2.28 bits per heavy atom. The molecule has 0 amide bonds. The molecule has 0 aromatic heterocycles. The molecular formula is C15H21NO2. The molecule has 98 valence electrons. The van der Waals surface area contributed by atoms with Crippen molar-refractivity contribution >= 4 is 5.97 Å². The Kier molecular flexibility index (Phi) is 4.02. The Morgan fingerprint density at radius 1 is 1.22 bits per heavy atom. The van der Waals surface area contributed by atoms with Crippen LogP contribution < -0.4 is 0 Å². The number of piperidine rings is 1. The highest BCUT2D eigenvalue weighted by atomic mass is 16.4. The van der Waals surface area contributed by atoms with Gasteiger partial charge in [-0.25, -0.2) is 0 Å². The number of carboxylic acids is 1. The summed E-state index contributed by atoms with van der Waals surface area (Å²) in [6.45, 7) is 5.18. The van der Waals surface area contributed by atoms with E-state index < -0.39 is 5.97 Å². The minimum atomic E-state index is -0.645. The summed E-state index contributed by atoms with van der Waals surface area (Å²) < 4.78 is 0. The Morgan fingerprint density at radius 2 is 1.78 bits per heavy atom. The second-order valence-corrected chi connectivity index (χ2v) is 5.36. The van der Waals surface area contributed by atoms with E-state index >= 15 is 0 Å².